The summed E-state index contributed by atoms with van der Waals surface area (Å²) in [7, 11) is 1.62. The molecule has 0 aromatic heterocycles. The van der Waals surface area contributed by atoms with Gasteiger partial charge in [0.25, 0.3) is 5.91 Å². The van der Waals surface area contributed by atoms with Crippen molar-refractivity contribution >= 4 is 29.1 Å². The van der Waals surface area contributed by atoms with E-state index in [0.29, 0.717) is 18.5 Å². The summed E-state index contributed by atoms with van der Waals surface area (Å²) in [6.45, 7) is 8.39. The Labute approximate surface area is 177 Å². The molecule has 0 atom stereocenters. The minimum atomic E-state index is -0.234. The smallest absolute Gasteiger partial charge is 0.254 e. The van der Waals surface area contributed by atoms with Crippen molar-refractivity contribution in [3.63, 3.8) is 0 Å². The monoisotopic (exact) mass is 407 g/mol. The second-order valence-electron chi connectivity index (χ2n) is 7.98. The fraction of sp³-hybridized carbons (Fsp3) is 0.375. The van der Waals surface area contributed by atoms with Crippen molar-refractivity contribution in [2.24, 2.45) is 0 Å². The number of nitrogens with zero attached hydrogens (tertiary/aromatic N) is 2. The van der Waals surface area contributed by atoms with E-state index in [1.807, 2.05) is 52.0 Å². The molecule has 0 bridgehead atoms. The minimum absolute atomic E-state index is 0.0386. The number of anilines is 2. The van der Waals surface area contributed by atoms with E-state index in [4.69, 9.17) is 0 Å². The van der Waals surface area contributed by atoms with Crippen molar-refractivity contribution in [3.05, 3.63) is 58.1 Å². The molecule has 158 valence electrons. The van der Waals surface area contributed by atoms with Crippen LogP contribution >= 0.6 is 0 Å². The zero-order valence-corrected chi connectivity index (χ0v) is 18.3. The van der Waals surface area contributed by atoms with Crippen LogP contribution in [-0.4, -0.2) is 42.8 Å². The maximum atomic E-state index is 12.8. The van der Waals surface area contributed by atoms with E-state index in [2.05, 4.69) is 5.32 Å². The second-order valence-corrected chi connectivity index (χ2v) is 7.98. The van der Waals surface area contributed by atoms with Crippen LogP contribution in [0.3, 0.4) is 0 Å². The van der Waals surface area contributed by atoms with Crippen molar-refractivity contribution < 1.29 is 14.4 Å². The number of benzene rings is 2. The Balaban J connectivity index is 1.68. The van der Waals surface area contributed by atoms with Crippen LogP contribution in [0.2, 0.25) is 0 Å². The van der Waals surface area contributed by atoms with E-state index in [1.54, 1.807) is 18.0 Å². The number of hydrogen-bond acceptors (Lipinski definition) is 3. The number of nitrogens with one attached hydrogen (secondary N) is 1. The van der Waals surface area contributed by atoms with Gasteiger partial charge in [0.2, 0.25) is 11.8 Å². The highest BCUT2D eigenvalue weighted by Crippen LogP contribution is 2.29. The minimum Gasteiger partial charge on any atom is -0.332 e. The maximum absolute atomic E-state index is 12.8. The molecular formula is C24H29N3O3. The van der Waals surface area contributed by atoms with Crippen molar-refractivity contribution in [2.45, 2.75) is 40.5 Å². The molecule has 0 saturated carbocycles. The normalized spacial score (nSPS) is 12.5. The molecule has 0 fully saturated rings. The predicted octanol–water partition coefficient (Wildman–Crippen LogP) is 3.62. The number of likely N-dealkylation sites (N-methyl/N-ethyl adjacent to an activating group) is 1. The van der Waals surface area contributed by atoms with Crippen LogP contribution in [0.1, 0.15) is 46.0 Å². The van der Waals surface area contributed by atoms with Gasteiger partial charge in [-0.3, -0.25) is 14.4 Å². The van der Waals surface area contributed by atoms with E-state index in [1.165, 1.54) is 4.90 Å². The molecule has 3 amide bonds. The topological polar surface area (TPSA) is 69.7 Å². The van der Waals surface area contributed by atoms with Gasteiger partial charge in [-0.25, -0.2) is 0 Å². The van der Waals surface area contributed by atoms with Gasteiger partial charge in [0.05, 0.1) is 6.54 Å². The molecular weight excluding hydrogens is 378 g/mol. The second kappa shape index (κ2) is 8.69. The zero-order valence-electron chi connectivity index (χ0n) is 18.3. The molecule has 0 radical (unpaired) electrons. The number of amides is 3. The molecule has 2 aromatic rings. The lowest BCUT2D eigenvalue weighted by atomic mass is 10.1. The van der Waals surface area contributed by atoms with Gasteiger partial charge in [-0.2, -0.15) is 0 Å². The van der Waals surface area contributed by atoms with Crippen LogP contribution in [0.5, 0.6) is 0 Å². The highest BCUT2D eigenvalue weighted by atomic mass is 16.2. The van der Waals surface area contributed by atoms with Gasteiger partial charge in [-0.1, -0.05) is 24.6 Å². The summed E-state index contributed by atoms with van der Waals surface area (Å²) in [5, 5.41) is 2.93. The number of hydrogen-bond donors (Lipinski definition) is 1. The van der Waals surface area contributed by atoms with Gasteiger partial charge in [0, 0.05) is 37.0 Å². The van der Waals surface area contributed by atoms with Crippen LogP contribution < -0.4 is 10.2 Å². The van der Waals surface area contributed by atoms with E-state index < -0.39 is 0 Å². The van der Waals surface area contributed by atoms with Gasteiger partial charge in [-0.05, 0) is 62.1 Å². The first-order valence-electron chi connectivity index (χ1n) is 10.3. The first-order chi connectivity index (χ1) is 14.2. The lowest BCUT2D eigenvalue weighted by Crippen LogP contribution is -2.35. The highest BCUT2D eigenvalue weighted by Gasteiger charge is 2.25. The van der Waals surface area contributed by atoms with E-state index in [0.717, 1.165) is 40.0 Å². The zero-order chi connectivity index (χ0) is 22.0. The van der Waals surface area contributed by atoms with E-state index in [9.17, 15) is 14.4 Å². The van der Waals surface area contributed by atoms with Crippen LogP contribution in [0.4, 0.5) is 11.4 Å². The molecule has 1 heterocycles. The van der Waals surface area contributed by atoms with Crippen molar-refractivity contribution in [2.75, 3.05) is 30.4 Å². The third kappa shape index (κ3) is 4.37. The summed E-state index contributed by atoms with van der Waals surface area (Å²) in [6, 6.07) is 9.44. The number of carbonyl (C=O) groups is 3. The molecule has 2 aromatic carbocycles. The first kappa shape index (κ1) is 21.6. The lowest BCUT2D eigenvalue weighted by molar-refractivity contribution is -0.118. The molecule has 0 aliphatic carbocycles. The Morgan fingerprint density at radius 2 is 1.73 bits per heavy atom. The SMILES string of the molecule is CCC(=O)N1CCc2cc(C(=O)N(C)CC(=O)Nc3c(C)cc(C)cc3C)ccc21. The molecule has 0 unspecified atom stereocenters. The molecule has 30 heavy (non-hydrogen) atoms. The summed E-state index contributed by atoms with van der Waals surface area (Å²) >= 11 is 0. The Bertz CT molecular complexity index is 990. The molecule has 6 heteroatoms. The Hall–Kier alpha value is -3.15. The van der Waals surface area contributed by atoms with Crippen molar-refractivity contribution in [1.29, 1.82) is 0 Å². The maximum Gasteiger partial charge on any atom is 0.254 e. The Morgan fingerprint density at radius 3 is 2.37 bits per heavy atom. The Kier molecular flexibility index (Phi) is 6.25. The fourth-order valence-corrected chi connectivity index (χ4v) is 4.05. The van der Waals surface area contributed by atoms with Crippen LogP contribution in [0.15, 0.2) is 30.3 Å². The molecule has 3 rings (SSSR count). The van der Waals surface area contributed by atoms with E-state index in [-0.39, 0.29) is 24.3 Å². The molecule has 0 spiro atoms. The number of fused-ring (bicyclic) bond motifs is 1. The van der Waals surface area contributed by atoms with Crippen molar-refractivity contribution in [3.8, 4) is 0 Å². The summed E-state index contributed by atoms with van der Waals surface area (Å²) in [4.78, 5) is 40.6. The number of rotatable bonds is 5. The first-order valence-corrected chi connectivity index (χ1v) is 10.3. The molecule has 6 nitrogen and oxygen atoms in total. The third-order valence-corrected chi connectivity index (χ3v) is 5.49. The molecule has 1 aliphatic heterocycles. The van der Waals surface area contributed by atoms with E-state index >= 15 is 0 Å². The predicted molar refractivity (Wildman–Crippen MR) is 119 cm³/mol. The van der Waals surface area contributed by atoms with Gasteiger partial charge < -0.3 is 15.1 Å². The van der Waals surface area contributed by atoms with Crippen LogP contribution in [0, 0.1) is 20.8 Å². The quantitative estimate of drug-likeness (QED) is 0.823. The lowest BCUT2D eigenvalue weighted by Gasteiger charge is -2.19. The van der Waals surface area contributed by atoms with Gasteiger partial charge >= 0.3 is 0 Å². The van der Waals surface area contributed by atoms with Crippen molar-refractivity contribution in [1.82, 2.24) is 4.90 Å². The van der Waals surface area contributed by atoms with Crippen LogP contribution in [0.25, 0.3) is 0 Å². The summed E-state index contributed by atoms with van der Waals surface area (Å²) < 4.78 is 0. The fourth-order valence-electron chi connectivity index (χ4n) is 4.05. The summed E-state index contributed by atoms with van der Waals surface area (Å²) in [5.74, 6) is -0.365. The molecule has 1 N–H and O–H groups in total. The largest absolute Gasteiger partial charge is 0.332 e. The molecule has 0 saturated heterocycles. The Morgan fingerprint density at radius 1 is 1.07 bits per heavy atom. The average molecular weight is 408 g/mol. The average Bonchev–Trinajstić information content (AvgIpc) is 3.12. The molecule has 1 aliphatic rings. The number of carbonyl (C=O) groups excluding carboxylic acids is 3. The summed E-state index contributed by atoms with van der Waals surface area (Å²) in [6.07, 6.45) is 1.19. The van der Waals surface area contributed by atoms with Gasteiger partial charge in [-0.15, -0.1) is 0 Å². The van der Waals surface area contributed by atoms with Gasteiger partial charge in [0.1, 0.15) is 0 Å². The standard InChI is InChI=1S/C24H29N3O3/c1-6-22(29)27-10-9-18-13-19(7-8-20(18)27)24(30)26(5)14-21(28)25-23-16(3)11-15(2)12-17(23)4/h7-8,11-13H,6,9-10,14H2,1-5H3,(H,25,28). The van der Waals surface area contributed by atoms with Gasteiger partial charge in [0.15, 0.2) is 0 Å². The highest BCUT2D eigenvalue weighted by molar-refractivity contribution is 6.01. The van der Waals surface area contributed by atoms with Crippen LogP contribution in [-0.2, 0) is 16.0 Å². The number of aryl methyl sites for hydroxylation is 3. The third-order valence-electron chi connectivity index (χ3n) is 5.49. The summed E-state index contributed by atoms with van der Waals surface area (Å²) in [5.41, 5.74) is 6.34.